The van der Waals surface area contributed by atoms with E-state index in [1.165, 1.54) is 7.11 Å². The van der Waals surface area contributed by atoms with Crippen LogP contribution in [0.25, 0.3) is 0 Å². The second kappa shape index (κ2) is 9.56. The number of aromatic nitrogens is 1. The minimum Gasteiger partial charge on any atom is -0.493 e. The van der Waals surface area contributed by atoms with Gasteiger partial charge in [-0.05, 0) is 30.0 Å². The number of hydrogen-bond donors (Lipinski definition) is 3. The lowest BCUT2D eigenvalue weighted by molar-refractivity contribution is -0.133. The molecule has 144 valence electrons. The van der Waals surface area contributed by atoms with E-state index >= 15 is 0 Å². The Kier molecular flexibility index (Phi) is 7.16. The van der Waals surface area contributed by atoms with Gasteiger partial charge in [-0.3, -0.25) is 9.59 Å². The van der Waals surface area contributed by atoms with Gasteiger partial charge < -0.3 is 21.5 Å². The van der Waals surface area contributed by atoms with Crippen LogP contribution in [-0.2, 0) is 22.6 Å². The predicted molar refractivity (Wildman–Crippen MR) is 104 cm³/mol. The van der Waals surface area contributed by atoms with E-state index in [0.717, 1.165) is 11.1 Å². The van der Waals surface area contributed by atoms with Crippen LogP contribution >= 0.6 is 0 Å². The quantitative estimate of drug-likeness (QED) is 0.620. The third kappa shape index (κ3) is 5.70. The summed E-state index contributed by atoms with van der Waals surface area (Å²) in [5.74, 6) is -1.03. The number of nitrogens with one attached hydrogen (secondary N) is 1. The molecule has 1 aromatic carbocycles. The fourth-order valence-corrected chi connectivity index (χ4v) is 2.89. The molecule has 2 amide bonds. The maximum atomic E-state index is 12.5. The number of methoxy groups -OCH3 is 1. The molecule has 0 fully saturated rings. The van der Waals surface area contributed by atoms with E-state index in [2.05, 4.69) is 10.3 Å². The second-order valence-corrected chi connectivity index (χ2v) is 6.47. The summed E-state index contributed by atoms with van der Waals surface area (Å²) in [6, 6.07) is 11.5. The molecule has 0 bridgehead atoms. The Morgan fingerprint density at radius 2 is 1.93 bits per heavy atom. The highest BCUT2D eigenvalue weighted by atomic mass is 16.5. The van der Waals surface area contributed by atoms with Crippen LogP contribution < -0.4 is 21.5 Å². The molecule has 1 heterocycles. The van der Waals surface area contributed by atoms with Gasteiger partial charge in [0, 0.05) is 24.6 Å². The molecule has 2 aromatic rings. The molecule has 27 heavy (non-hydrogen) atoms. The van der Waals surface area contributed by atoms with Crippen molar-refractivity contribution in [3.63, 3.8) is 0 Å². The Labute approximate surface area is 159 Å². The lowest BCUT2D eigenvalue weighted by Gasteiger charge is -2.20. The molecule has 2 atom stereocenters. The number of pyridine rings is 1. The molecule has 7 heteroatoms. The van der Waals surface area contributed by atoms with Crippen molar-refractivity contribution in [3.8, 4) is 5.75 Å². The third-order valence-electron chi connectivity index (χ3n) is 4.59. The van der Waals surface area contributed by atoms with Crippen LogP contribution in [0.2, 0.25) is 0 Å². The zero-order valence-corrected chi connectivity index (χ0v) is 15.6. The molecule has 0 saturated carbocycles. The SMILES string of the molecule is COc1cc(CNC(=O)[C@@H](C)C(CCc2ccccc2)C(N)=O)cnc1N. The summed E-state index contributed by atoms with van der Waals surface area (Å²) in [4.78, 5) is 28.4. The first-order valence-electron chi connectivity index (χ1n) is 8.81. The number of amides is 2. The zero-order valence-electron chi connectivity index (χ0n) is 15.6. The van der Waals surface area contributed by atoms with Gasteiger partial charge in [-0.2, -0.15) is 0 Å². The molecule has 1 aromatic heterocycles. The number of benzene rings is 1. The largest absolute Gasteiger partial charge is 0.493 e. The molecular formula is C20H26N4O3. The van der Waals surface area contributed by atoms with Crippen LogP contribution in [0.5, 0.6) is 5.75 Å². The molecular weight excluding hydrogens is 344 g/mol. The normalized spacial score (nSPS) is 12.8. The van der Waals surface area contributed by atoms with E-state index in [-0.39, 0.29) is 18.3 Å². The number of nitrogen functional groups attached to an aromatic ring is 1. The molecule has 7 nitrogen and oxygen atoms in total. The number of primary amides is 1. The highest BCUT2D eigenvalue weighted by molar-refractivity contribution is 5.86. The van der Waals surface area contributed by atoms with Gasteiger partial charge in [-0.25, -0.2) is 4.98 Å². The number of hydrogen-bond acceptors (Lipinski definition) is 5. The summed E-state index contributed by atoms with van der Waals surface area (Å²) in [7, 11) is 1.50. The first kappa shape index (κ1) is 20.2. The van der Waals surface area contributed by atoms with Crippen molar-refractivity contribution >= 4 is 17.6 Å². The monoisotopic (exact) mass is 370 g/mol. The lowest BCUT2D eigenvalue weighted by atomic mass is 9.87. The van der Waals surface area contributed by atoms with Gasteiger partial charge in [0.15, 0.2) is 11.6 Å². The molecule has 2 rings (SSSR count). The summed E-state index contributed by atoms with van der Waals surface area (Å²) < 4.78 is 5.12. The van der Waals surface area contributed by atoms with E-state index in [4.69, 9.17) is 16.2 Å². The number of rotatable bonds is 9. The van der Waals surface area contributed by atoms with Crippen LogP contribution in [-0.4, -0.2) is 23.9 Å². The second-order valence-electron chi connectivity index (χ2n) is 6.47. The van der Waals surface area contributed by atoms with Crippen molar-refractivity contribution < 1.29 is 14.3 Å². The molecule has 0 aliphatic heterocycles. The van der Waals surface area contributed by atoms with Gasteiger partial charge in [-0.15, -0.1) is 0 Å². The van der Waals surface area contributed by atoms with Crippen LogP contribution in [0, 0.1) is 11.8 Å². The van der Waals surface area contributed by atoms with E-state index < -0.39 is 17.7 Å². The third-order valence-corrected chi connectivity index (χ3v) is 4.59. The van der Waals surface area contributed by atoms with Gasteiger partial charge in [0.25, 0.3) is 0 Å². The maximum Gasteiger partial charge on any atom is 0.223 e. The summed E-state index contributed by atoms with van der Waals surface area (Å²) in [5.41, 5.74) is 13.1. The van der Waals surface area contributed by atoms with E-state index in [1.54, 1.807) is 19.2 Å². The average Bonchev–Trinajstić information content (AvgIpc) is 2.67. The Bertz CT molecular complexity index is 780. The Morgan fingerprint density at radius 3 is 2.56 bits per heavy atom. The molecule has 0 spiro atoms. The van der Waals surface area contributed by atoms with Crippen LogP contribution in [0.4, 0.5) is 5.82 Å². The number of carbonyl (C=O) groups is 2. The number of nitrogens with zero attached hydrogens (tertiary/aromatic N) is 1. The van der Waals surface area contributed by atoms with Crippen molar-refractivity contribution in [1.82, 2.24) is 10.3 Å². The average molecular weight is 370 g/mol. The summed E-state index contributed by atoms with van der Waals surface area (Å²) in [6.45, 7) is 1.98. The maximum absolute atomic E-state index is 12.5. The Hall–Kier alpha value is -3.09. The molecule has 0 radical (unpaired) electrons. The van der Waals surface area contributed by atoms with E-state index in [1.807, 2.05) is 30.3 Å². The number of aryl methyl sites for hydroxylation is 1. The minimum atomic E-state index is -0.538. The fraction of sp³-hybridized carbons (Fsp3) is 0.350. The van der Waals surface area contributed by atoms with E-state index in [0.29, 0.717) is 18.6 Å². The van der Waals surface area contributed by atoms with Crippen LogP contribution in [0.3, 0.4) is 0 Å². The zero-order chi connectivity index (χ0) is 19.8. The van der Waals surface area contributed by atoms with Gasteiger partial charge in [0.05, 0.1) is 7.11 Å². The fourth-order valence-electron chi connectivity index (χ4n) is 2.89. The van der Waals surface area contributed by atoms with Crippen molar-refractivity contribution in [3.05, 3.63) is 53.7 Å². The molecule has 0 saturated heterocycles. The van der Waals surface area contributed by atoms with Crippen molar-refractivity contribution in [2.45, 2.75) is 26.3 Å². The lowest BCUT2D eigenvalue weighted by Crippen LogP contribution is -2.39. The summed E-state index contributed by atoms with van der Waals surface area (Å²) in [6.07, 6.45) is 2.78. The van der Waals surface area contributed by atoms with Crippen molar-refractivity contribution in [2.75, 3.05) is 12.8 Å². The van der Waals surface area contributed by atoms with Crippen molar-refractivity contribution in [1.29, 1.82) is 0 Å². The topological polar surface area (TPSA) is 120 Å². The summed E-state index contributed by atoms with van der Waals surface area (Å²) in [5, 5.41) is 2.82. The van der Waals surface area contributed by atoms with Crippen molar-refractivity contribution in [2.24, 2.45) is 17.6 Å². The smallest absolute Gasteiger partial charge is 0.223 e. The van der Waals surface area contributed by atoms with Gasteiger partial charge in [-0.1, -0.05) is 37.3 Å². The molecule has 5 N–H and O–H groups in total. The van der Waals surface area contributed by atoms with E-state index in [9.17, 15) is 9.59 Å². The number of anilines is 1. The molecule has 0 aliphatic rings. The minimum absolute atomic E-state index is 0.234. The predicted octanol–water partition coefficient (Wildman–Crippen LogP) is 1.66. The first-order valence-corrected chi connectivity index (χ1v) is 8.81. The Morgan fingerprint density at radius 1 is 1.22 bits per heavy atom. The van der Waals surface area contributed by atoms with Crippen LogP contribution in [0.15, 0.2) is 42.6 Å². The summed E-state index contributed by atoms with van der Waals surface area (Å²) >= 11 is 0. The number of nitrogens with two attached hydrogens (primary N) is 2. The highest BCUT2D eigenvalue weighted by Crippen LogP contribution is 2.21. The van der Waals surface area contributed by atoms with Gasteiger partial charge >= 0.3 is 0 Å². The number of carbonyl (C=O) groups excluding carboxylic acids is 2. The molecule has 1 unspecified atom stereocenters. The van der Waals surface area contributed by atoms with Crippen LogP contribution in [0.1, 0.15) is 24.5 Å². The van der Waals surface area contributed by atoms with Gasteiger partial charge in [0.2, 0.25) is 11.8 Å². The Balaban J connectivity index is 1.95. The standard InChI is InChI=1S/C20H26N4O3/c1-13(16(19(22)25)9-8-14-6-4-3-5-7-14)20(26)24-12-15-10-17(27-2)18(21)23-11-15/h3-7,10-11,13,16H,8-9,12H2,1-2H3,(H2,21,23)(H2,22,25)(H,24,26)/t13-,16?/m0/s1. The molecule has 0 aliphatic carbocycles. The van der Waals surface area contributed by atoms with Gasteiger partial charge in [0.1, 0.15) is 0 Å². The highest BCUT2D eigenvalue weighted by Gasteiger charge is 2.28. The first-order chi connectivity index (χ1) is 12.9. The number of ether oxygens (including phenoxy) is 1.